The van der Waals surface area contributed by atoms with Gasteiger partial charge in [-0.05, 0) is 31.4 Å². The van der Waals surface area contributed by atoms with Crippen LogP contribution in [0.3, 0.4) is 0 Å². The van der Waals surface area contributed by atoms with Gasteiger partial charge in [0.2, 0.25) is 0 Å². The fraction of sp³-hybridized carbons (Fsp3) is 0.600. The number of halogens is 1. The molecule has 0 aliphatic carbocycles. The Hall–Kier alpha value is -0.770. The number of hydrogen-bond donors (Lipinski definition) is 2. The summed E-state index contributed by atoms with van der Waals surface area (Å²) in [4.78, 5) is 0. The second-order valence-corrected chi connectivity index (χ2v) is 5.69. The highest BCUT2D eigenvalue weighted by molar-refractivity contribution is 6.33. The molecular formula is C15H22ClNO2. The Labute approximate surface area is 119 Å². The number of para-hydroxylation sites is 1. The molecule has 106 valence electrons. The van der Waals surface area contributed by atoms with Gasteiger partial charge in [-0.2, -0.15) is 0 Å². The molecule has 1 aliphatic heterocycles. The molecule has 0 amide bonds. The molecule has 2 unspecified atom stereocenters. The number of anilines is 1. The average Bonchev–Trinajstić information content (AvgIpc) is 2.42. The molecule has 0 aromatic heterocycles. The van der Waals surface area contributed by atoms with Gasteiger partial charge >= 0.3 is 0 Å². The summed E-state index contributed by atoms with van der Waals surface area (Å²) >= 11 is 6.18. The second kappa shape index (κ2) is 6.60. The fourth-order valence-electron chi connectivity index (χ4n) is 2.67. The first-order valence-corrected chi connectivity index (χ1v) is 7.32. The number of aliphatic hydroxyl groups excluding tert-OH is 1. The number of benzene rings is 1. The van der Waals surface area contributed by atoms with E-state index >= 15 is 0 Å². The third-order valence-electron chi connectivity index (χ3n) is 3.74. The highest BCUT2D eigenvalue weighted by atomic mass is 35.5. The predicted octanol–water partition coefficient (Wildman–Crippen LogP) is 3.46. The first kappa shape index (κ1) is 14.6. The van der Waals surface area contributed by atoms with Crippen molar-refractivity contribution >= 4 is 17.3 Å². The quantitative estimate of drug-likeness (QED) is 0.869. The van der Waals surface area contributed by atoms with E-state index < -0.39 is 0 Å². The molecule has 0 radical (unpaired) electrons. The van der Waals surface area contributed by atoms with Crippen LogP contribution in [0.4, 0.5) is 5.69 Å². The SMILES string of the molecule is CCCC1CC(CO)(Nc2ccccc2Cl)CCO1. The summed E-state index contributed by atoms with van der Waals surface area (Å²) in [5.74, 6) is 0. The number of hydrogen-bond acceptors (Lipinski definition) is 3. The van der Waals surface area contributed by atoms with Gasteiger partial charge < -0.3 is 15.2 Å². The topological polar surface area (TPSA) is 41.5 Å². The smallest absolute Gasteiger partial charge is 0.0663 e. The molecule has 1 aromatic carbocycles. The Morgan fingerprint density at radius 3 is 2.95 bits per heavy atom. The van der Waals surface area contributed by atoms with Crippen molar-refractivity contribution in [3.8, 4) is 0 Å². The number of rotatable bonds is 5. The Kier molecular flexibility index (Phi) is 5.08. The van der Waals surface area contributed by atoms with E-state index in [2.05, 4.69) is 12.2 Å². The Bertz CT molecular complexity index is 411. The van der Waals surface area contributed by atoms with Crippen LogP contribution in [0.25, 0.3) is 0 Å². The minimum atomic E-state index is -0.316. The normalized spacial score (nSPS) is 27.2. The average molecular weight is 284 g/mol. The van der Waals surface area contributed by atoms with E-state index in [0.29, 0.717) is 11.6 Å². The van der Waals surface area contributed by atoms with Gasteiger partial charge in [0.1, 0.15) is 0 Å². The van der Waals surface area contributed by atoms with Crippen LogP contribution >= 0.6 is 11.6 Å². The monoisotopic (exact) mass is 283 g/mol. The van der Waals surface area contributed by atoms with Crippen LogP contribution in [0.5, 0.6) is 0 Å². The highest BCUT2D eigenvalue weighted by Crippen LogP contribution is 2.32. The number of nitrogens with one attached hydrogen (secondary N) is 1. The molecule has 1 saturated heterocycles. The van der Waals surface area contributed by atoms with E-state index in [1.54, 1.807) is 0 Å². The molecule has 4 heteroatoms. The Morgan fingerprint density at radius 1 is 1.47 bits per heavy atom. The first-order valence-electron chi connectivity index (χ1n) is 6.94. The summed E-state index contributed by atoms with van der Waals surface area (Å²) in [6.07, 6.45) is 3.97. The molecule has 0 bridgehead atoms. The van der Waals surface area contributed by atoms with Crippen molar-refractivity contribution in [3.63, 3.8) is 0 Å². The van der Waals surface area contributed by atoms with Crippen LogP contribution in [-0.2, 0) is 4.74 Å². The van der Waals surface area contributed by atoms with Gasteiger partial charge in [-0.3, -0.25) is 0 Å². The van der Waals surface area contributed by atoms with E-state index in [1.807, 2.05) is 24.3 Å². The highest BCUT2D eigenvalue weighted by Gasteiger charge is 2.36. The molecule has 2 N–H and O–H groups in total. The van der Waals surface area contributed by atoms with Crippen LogP contribution in [0.15, 0.2) is 24.3 Å². The molecule has 3 nitrogen and oxygen atoms in total. The van der Waals surface area contributed by atoms with Gasteiger partial charge in [0, 0.05) is 6.61 Å². The standard InChI is InChI=1S/C15H22ClNO2/c1-2-5-12-10-15(11-18,8-9-19-12)17-14-7-4-3-6-13(14)16/h3-4,6-7,12,17-18H,2,5,8-11H2,1H3. The van der Waals surface area contributed by atoms with E-state index in [0.717, 1.165) is 31.4 Å². The van der Waals surface area contributed by atoms with Crippen molar-refractivity contribution in [2.24, 2.45) is 0 Å². The molecule has 2 atom stereocenters. The lowest BCUT2D eigenvalue weighted by molar-refractivity contribution is -0.0299. The zero-order valence-electron chi connectivity index (χ0n) is 11.4. The zero-order chi connectivity index (χ0) is 13.7. The molecule has 1 fully saturated rings. The van der Waals surface area contributed by atoms with Crippen molar-refractivity contribution in [2.75, 3.05) is 18.5 Å². The minimum Gasteiger partial charge on any atom is -0.394 e. The maximum atomic E-state index is 9.82. The van der Waals surface area contributed by atoms with E-state index in [-0.39, 0.29) is 18.2 Å². The van der Waals surface area contributed by atoms with Gasteiger partial charge in [-0.25, -0.2) is 0 Å². The lowest BCUT2D eigenvalue weighted by Gasteiger charge is -2.41. The molecule has 0 spiro atoms. The molecule has 0 saturated carbocycles. The number of ether oxygens (including phenoxy) is 1. The molecule has 1 aliphatic rings. The summed E-state index contributed by atoms with van der Waals surface area (Å²) < 4.78 is 5.76. The summed E-state index contributed by atoms with van der Waals surface area (Å²) in [5, 5.41) is 13.9. The lowest BCUT2D eigenvalue weighted by Crippen LogP contribution is -2.49. The van der Waals surface area contributed by atoms with Crippen molar-refractivity contribution in [1.82, 2.24) is 0 Å². The molecule has 2 rings (SSSR count). The predicted molar refractivity (Wildman–Crippen MR) is 78.8 cm³/mol. The summed E-state index contributed by atoms with van der Waals surface area (Å²) in [6.45, 7) is 2.94. The van der Waals surface area contributed by atoms with Crippen LogP contribution in [-0.4, -0.2) is 30.0 Å². The lowest BCUT2D eigenvalue weighted by atomic mass is 9.85. The first-order chi connectivity index (χ1) is 9.19. The maximum absolute atomic E-state index is 9.82. The van der Waals surface area contributed by atoms with Crippen LogP contribution in [0.2, 0.25) is 5.02 Å². The van der Waals surface area contributed by atoms with Gasteiger partial charge in [-0.15, -0.1) is 0 Å². The van der Waals surface area contributed by atoms with Gasteiger partial charge in [0.05, 0.1) is 29.0 Å². The van der Waals surface area contributed by atoms with Crippen molar-refractivity contribution < 1.29 is 9.84 Å². The van der Waals surface area contributed by atoms with Crippen molar-refractivity contribution in [3.05, 3.63) is 29.3 Å². The van der Waals surface area contributed by atoms with Gasteiger partial charge in [0.15, 0.2) is 0 Å². The minimum absolute atomic E-state index is 0.0990. The largest absolute Gasteiger partial charge is 0.394 e. The second-order valence-electron chi connectivity index (χ2n) is 5.28. The Balaban J connectivity index is 2.11. The van der Waals surface area contributed by atoms with Crippen molar-refractivity contribution in [1.29, 1.82) is 0 Å². The summed E-state index contributed by atoms with van der Waals surface area (Å²) in [7, 11) is 0. The van der Waals surface area contributed by atoms with E-state index in [1.165, 1.54) is 0 Å². The molecule has 1 heterocycles. The summed E-state index contributed by atoms with van der Waals surface area (Å²) in [6, 6.07) is 7.66. The summed E-state index contributed by atoms with van der Waals surface area (Å²) in [5.41, 5.74) is 0.568. The van der Waals surface area contributed by atoms with Gasteiger partial charge in [0.25, 0.3) is 0 Å². The van der Waals surface area contributed by atoms with Crippen LogP contribution < -0.4 is 5.32 Å². The van der Waals surface area contributed by atoms with E-state index in [4.69, 9.17) is 16.3 Å². The third kappa shape index (κ3) is 3.62. The van der Waals surface area contributed by atoms with Crippen LogP contribution in [0, 0.1) is 0 Å². The van der Waals surface area contributed by atoms with Crippen molar-refractivity contribution in [2.45, 2.75) is 44.2 Å². The van der Waals surface area contributed by atoms with E-state index in [9.17, 15) is 5.11 Å². The third-order valence-corrected chi connectivity index (χ3v) is 4.07. The van der Waals surface area contributed by atoms with Gasteiger partial charge in [-0.1, -0.05) is 37.1 Å². The zero-order valence-corrected chi connectivity index (χ0v) is 12.1. The molecule has 19 heavy (non-hydrogen) atoms. The number of aliphatic hydroxyl groups is 1. The Morgan fingerprint density at radius 2 is 2.26 bits per heavy atom. The maximum Gasteiger partial charge on any atom is 0.0663 e. The fourth-order valence-corrected chi connectivity index (χ4v) is 2.85. The molecular weight excluding hydrogens is 262 g/mol. The van der Waals surface area contributed by atoms with Crippen LogP contribution in [0.1, 0.15) is 32.6 Å². The molecule has 1 aromatic rings.